The first-order chi connectivity index (χ1) is 9.03. The number of hydrogen-bond acceptors (Lipinski definition) is 5. The molecule has 0 radical (unpaired) electrons. The Hall–Kier alpha value is -1.38. The van der Waals surface area contributed by atoms with E-state index in [-0.39, 0.29) is 24.7 Å². The third-order valence-corrected chi connectivity index (χ3v) is 5.84. The minimum Gasteiger partial charge on any atom is -0.353 e. The van der Waals surface area contributed by atoms with Crippen LogP contribution in [0.2, 0.25) is 0 Å². The van der Waals surface area contributed by atoms with Gasteiger partial charge in [0.2, 0.25) is 0 Å². The van der Waals surface area contributed by atoms with Gasteiger partial charge >= 0.3 is 6.18 Å². The van der Waals surface area contributed by atoms with Crippen molar-refractivity contribution in [1.29, 1.82) is 0 Å². The Morgan fingerprint density at radius 1 is 1.25 bits per heavy atom. The first kappa shape index (κ1) is 15.0. The average molecular weight is 309 g/mol. The Morgan fingerprint density at radius 3 is 2.35 bits per heavy atom. The van der Waals surface area contributed by atoms with Crippen LogP contribution in [0, 0.1) is 0 Å². The van der Waals surface area contributed by atoms with E-state index in [1.807, 2.05) is 0 Å². The van der Waals surface area contributed by atoms with Crippen molar-refractivity contribution in [3.05, 3.63) is 17.8 Å². The number of aromatic nitrogens is 2. The highest BCUT2D eigenvalue weighted by Gasteiger charge is 2.41. The van der Waals surface area contributed by atoms with Gasteiger partial charge in [-0.1, -0.05) is 0 Å². The van der Waals surface area contributed by atoms with Gasteiger partial charge in [-0.05, 0) is 26.0 Å². The highest BCUT2D eigenvalue weighted by Crippen LogP contribution is 2.29. The molecule has 112 valence electrons. The van der Waals surface area contributed by atoms with E-state index < -0.39 is 26.5 Å². The molecule has 0 amide bonds. The monoisotopic (exact) mass is 309 g/mol. The van der Waals surface area contributed by atoms with Crippen molar-refractivity contribution < 1.29 is 21.6 Å². The molecule has 0 saturated carbocycles. The molecule has 1 fully saturated rings. The van der Waals surface area contributed by atoms with E-state index in [1.165, 1.54) is 6.07 Å². The molecule has 2 heterocycles. The molecule has 0 unspecified atom stereocenters. The van der Waals surface area contributed by atoms with Crippen LogP contribution in [0.15, 0.2) is 12.1 Å². The topological polar surface area (TPSA) is 63.2 Å². The van der Waals surface area contributed by atoms with Crippen molar-refractivity contribution in [2.75, 3.05) is 23.7 Å². The van der Waals surface area contributed by atoms with Gasteiger partial charge in [-0.25, -0.2) is 8.42 Å². The summed E-state index contributed by atoms with van der Waals surface area (Å²) in [5, 5.41) is 6.69. The van der Waals surface area contributed by atoms with Gasteiger partial charge in [0.05, 0.1) is 10.5 Å². The van der Waals surface area contributed by atoms with Gasteiger partial charge in [0.1, 0.15) is 0 Å². The van der Waals surface area contributed by atoms with Crippen molar-refractivity contribution in [2.45, 2.75) is 24.8 Å². The Labute approximate surface area is 114 Å². The maximum Gasteiger partial charge on any atom is 0.435 e. The predicted molar refractivity (Wildman–Crippen MR) is 67.1 cm³/mol. The van der Waals surface area contributed by atoms with Crippen LogP contribution in [0.1, 0.15) is 19.5 Å². The lowest BCUT2D eigenvalue weighted by Crippen LogP contribution is -2.53. The van der Waals surface area contributed by atoms with Gasteiger partial charge in [-0.15, -0.1) is 10.2 Å². The molecular weight excluding hydrogens is 295 g/mol. The molecule has 1 saturated heterocycles. The molecule has 0 aliphatic carbocycles. The van der Waals surface area contributed by atoms with Crippen LogP contribution >= 0.6 is 0 Å². The molecule has 0 N–H and O–H groups in total. The molecule has 1 aromatic rings. The zero-order valence-electron chi connectivity index (χ0n) is 11.0. The number of halogens is 3. The van der Waals surface area contributed by atoms with E-state index in [0.29, 0.717) is 0 Å². The van der Waals surface area contributed by atoms with Gasteiger partial charge in [-0.3, -0.25) is 0 Å². The molecule has 5 nitrogen and oxygen atoms in total. The van der Waals surface area contributed by atoms with Gasteiger partial charge in [0, 0.05) is 13.1 Å². The summed E-state index contributed by atoms with van der Waals surface area (Å²) in [5.74, 6) is 0.198. The molecule has 1 aliphatic heterocycles. The van der Waals surface area contributed by atoms with Crippen LogP contribution < -0.4 is 4.90 Å². The summed E-state index contributed by atoms with van der Waals surface area (Å²) in [5.41, 5.74) is -1.06. The molecule has 1 aliphatic rings. The van der Waals surface area contributed by atoms with Crippen molar-refractivity contribution in [3.8, 4) is 0 Å². The quantitative estimate of drug-likeness (QED) is 0.787. The van der Waals surface area contributed by atoms with Crippen molar-refractivity contribution in [1.82, 2.24) is 10.2 Å². The second kappa shape index (κ2) is 4.57. The summed E-state index contributed by atoms with van der Waals surface area (Å²) in [6, 6.07) is 2.06. The van der Waals surface area contributed by atoms with Crippen LogP contribution in [-0.4, -0.2) is 42.2 Å². The Kier molecular flexibility index (Phi) is 3.43. The third-order valence-electron chi connectivity index (χ3n) is 3.31. The fourth-order valence-corrected chi connectivity index (χ4v) is 3.35. The Bertz CT molecular complexity index is 596. The largest absolute Gasteiger partial charge is 0.435 e. The molecule has 1 aromatic heterocycles. The van der Waals surface area contributed by atoms with Crippen molar-refractivity contribution >= 4 is 15.7 Å². The van der Waals surface area contributed by atoms with Gasteiger partial charge in [-0.2, -0.15) is 13.2 Å². The Balaban J connectivity index is 2.22. The zero-order chi connectivity index (χ0) is 15.2. The fourth-order valence-electron chi connectivity index (χ4n) is 1.98. The molecular formula is C11H14F3N3O2S. The number of nitrogens with zero attached hydrogens (tertiary/aromatic N) is 3. The van der Waals surface area contributed by atoms with E-state index in [9.17, 15) is 21.6 Å². The summed E-state index contributed by atoms with van der Waals surface area (Å²) in [7, 11) is -3.20. The summed E-state index contributed by atoms with van der Waals surface area (Å²) >= 11 is 0. The van der Waals surface area contributed by atoms with E-state index in [0.717, 1.165) is 6.07 Å². The van der Waals surface area contributed by atoms with Crippen molar-refractivity contribution in [3.63, 3.8) is 0 Å². The van der Waals surface area contributed by atoms with Gasteiger partial charge in [0.15, 0.2) is 21.3 Å². The second-order valence-electron chi connectivity index (χ2n) is 5.27. The molecule has 0 bridgehead atoms. The summed E-state index contributed by atoms with van der Waals surface area (Å²) in [4.78, 5) is 1.63. The number of sulfone groups is 1. The van der Waals surface area contributed by atoms with Gasteiger partial charge < -0.3 is 4.90 Å². The van der Waals surface area contributed by atoms with Gasteiger partial charge in [0.25, 0.3) is 0 Å². The smallest absolute Gasteiger partial charge is 0.353 e. The normalized spacial score (nSPS) is 21.8. The second-order valence-corrected chi connectivity index (χ2v) is 8.02. The van der Waals surface area contributed by atoms with E-state index in [2.05, 4.69) is 10.2 Å². The van der Waals surface area contributed by atoms with E-state index >= 15 is 0 Å². The fraction of sp³-hybridized carbons (Fsp3) is 0.636. The highest BCUT2D eigenvalue weighted by molar-refractivity contribution is 7.92. The average Bonchev–Trinajstić information content (AvgIpc) is 2.32. The van der Waals surface area contributed by atoms with Crippen LogP contribution in [0.5, 0.6) is 0 Å². The lowest BCUT2D eigenvalue weighted by molar-refractivity contribution is -0.141. The number of alkyl halides is 3. The molecule has 20 heavy (non-hydrogen) atoms. The van der Waals surface area contributed by atoms with E-state index in [4.69, 9.17) is 0 Å². The minimum atomic E-state index is -4.53. The highest BCUT2D eigenvalue weighted by atomic mass is 32.2. The number of rotatable bonds is 1. The third kappa shape index (κ3) is 2.72. The van der Waals surface area contributed by atoms with Crippen LogP contribution in [-0.2, 0) is 16.0 Å². The lowest BCUT2D eigenvalue weighted by atomic mass is 10.2. The first-order valence-corrected chi connectivity index (χ1v) is 7.56. The predicted octanol–water partition coefficient (Wildman–Crippen LogP) is 1.51. The first-order valence-electron chi connectivity index (χ1n) is 5.91. The number of hydrogen-bond donors (Lipinski definition) is 0. The number of anilines is 1. The van der Waals surface area contributed by atoms with E-state index in [1.54, 1.807) is 18.7 Å². The standard InChI is InChI=1S/C11H14F3N3O2S/c1-10(2)7-17(5-6-20(10,18)19)9-4-3-8(15-16-9)11(12,13)14/h3-4H,5-7H2,1-2H3. The summed E-state index contributed by atoms with van der Waals surface area (Å²) < 4.78 is 59.9. The minimum absolute atomic E-state index is 0.0529. The maximum absolute atomic E-state index is 12.4. The zero-order valence-corrected chi connectivity index (χ0v) is 11.8. The van der Waals surface area contributed by atoms with Crippen molar-refractivity contribution in [2.24, 2.45) is 0 Å². The van der Waals surface area contributed by atoms with Crippen LogP contribution in [0.3, 0.4) is 0 Å². The Morgan fingerprint density at radius 2 is 1.90 bits per heavy atom. The summed E-state index contributed by atoms with van der Waals surface area (Å²) in [6.45, 7) is 3.55. The van der Waals surface area contributed by atoms with Crippen LogP contribution in [0.4, 0.5) is 19.0 Å². The van der Waals surface area contributed by atoms with Crippen LogP contribution in [0.25, 0.3) is 0 Å². The molecule has 0 aromatic carbocycles. The molecule has 0 spiro atoms. The SMILES string of the molecule is CC1(C)CN(c2ccc(C(F)(F)F)nn2)CCS1(=O)=O. The maximum atomic E-state index is 12.4. The summed E-state index contributed by atoms with van der Waals surface area (Å²) in [6.07, 6.45) is -4.53. The molecule has 2 rings (SSSR count). The molecule has 0 atom stereocenters. The molecule has 9 heteroatoms. The lowest BCUT2D eigenvalue weighted by Gasteiger charge is -2.37.